The van der Waals surface area contributed by atoms with E-state index in [9.17, 15) is 16.8 Å². The van der Waals surface area contributed by atoms with Crippen molar-refractivity contribution in [3.05, 3.63) is 72.6 Å². The summed E-state index contributed by atoms with van der Waals surface area (Å²) in [5.41, 5.74) is 1.54. The Morgan fingerprint density at radius 2 is 1.65 bits per heavy atom. The molecule has 0 aliphatic rings. The third-order valence-electron chi connectivity index (χ3n) is 3.67. The van der Waals surface area contributed by atoms with E-state index in [0.29, 0.717) is 5.56 Å². The summed E-state index contributed by atoms with van der Waals surface area (Å²) in [6, 6.07) is 14.7. The van der Waals surface area contributed by atoms with E-state index in [1.165, 1.54) is 18.2 Å². The molecule has 0 fully saturated rings. The van der Waals surface area contributed by atoms with Gasteiger partial charge in [-0.15, -0.1) is 0 Å². The summed E-state index contributed by atoms with van der Waals surface area (Å²) in [5, 5.41) is 4.21. The minimum Gasteiger partial charge on any atom is -0.241 e. The Bertz CT molecular complexity index is 1120. The number of hydrogen-bond donors (Lipinski definition) is 1. The lowest BCUT2D eigenvalue weighted by Crippen LogP contribution is -2.23. The molecule has 26 heavy (non-hydrogen) atoms. The van der Waals surface area contributed by atoms with E-state index in [2.05, 4.69) is 9.82 Å². The standard InChI is InChI=1S/C17H17N3O4S2/c1-25(21,22)16-8-5-9-17(10-16)26(23,24)19-12-14-11-18-20(13-14)15-6-3-2-4-7-15/h2-11,13,19H,12H2,1H3. The normalized spacial score (nSPS) is 12.2. The molecule has 3 aromatic rings. The van der Waals surface area contributed by atoms with Crippen LogP contribution < -0.4 is 4.72 Å². The van der Waals surface area contributed by atoms with Crippen LogP contribution in [0.2, 0.25) is 0 Å². The zero-order valence-electron chi connectivity index (χ0n) is 13.9. The molecule has 0 spiro atoms. The van der Waals surface area contributed by atoms with Gasteiger partial charge >= 0.3 is 0 Å². The predicted molar refractivity (Wildman–Crippen MR) is 97.1 cm³/mol. The highest BCUT2D eigenvalue weighted by molar-refractivity contribution is 7.91. The zero-order valence-corrected chi connectivity index (χ0v) is 15.5. The molecule has 0 amide bonds. The van der Waals surface area contributed by atoms with E-state index in [4.69, 9.17) is 0 Å². The van der Waals surface area contributed by atoms with Gasteiger partial charge in [0.05, 0.1) is 21.7 Å². The summed E-state index contributed by atoms with van der Waals surface area (Å²) in [6.07, 6.45) is 4.33. The number of nitrogens with one attached hydrogen (secondary N) is 1. The van der Waals surface area contributed by atoms with Gasteiger partial charge in [0, 0.05) is 24.6 Å². The van der Waals surface area contributed by atoms with Crippen LogP contribution in [-0.2, 0) is 26.4 Å². The highest BCUT2D eigenvalue weighted by atomic mass is 32.2. The van der Waals surface area contributed by atoms with Crippen LogP contribution in [0.15, 0.2) is 76.8 Å². The minimum absolute atomic E-state index is 0.0399. The summed E-state index contributed by atoms with van der Waals surface area (Å²) < 4.78 is 52.2. The lowest BCUT2D eigenvalue weighted by Gasteiger charge is -2.07. The van der Waals surface area contributed by atoms with E-state index in [0.717, 1.165) is 18.0 Å². The molecule has 2 aromatic carbocycles. The van der Waals surface area contributed by atoms with Gasteiger partial charge < -0.3 is 0 Å². The fourth-order valence-electron chi connectivity index (χ4n) is 2.31. The zero-order chi connectivity index (χ0) is 18.8. The van der Waals surface area contributed by atoms with Crippen molar-refractivity contribution in [2.24, 2.45) is 0 Å². The van der Waals surface area contributed by atoms with Gasteiger partial charge in [0.2, 0.25) is 10.0 Å². The first kappa shape index (κ1) is 18.3. The SMILES string of the molecule is CS(=O)(=O)c1cccc(S(=O)(=O)NCc2cnn(-c3ccccc3)c2)c1. The average molecular weight is 391 g/mol. The Kier molecular flexibility index (Phi) is 4.94. The number of sulfone groups is 1. The Hall–Kier alpha value is -2.49. The number of aromatic nitrogens is 2. The maximum Gasteiger partial charge on any atom is 0.240 e. The fraction of sp³-hybridized carbons (Fsp3) is 0.118. The second kappa shape index (κ2) is 7.02. The number of hydrogen-bond acceptors (Lipinski definition) is 5. The molecule has 9 heteroatoms. The van der Waals surface area contributed by atoms with Crippen molar-refractivity contribution in [3.8, 4) is 5.69 Å². The molecule has 0 bridgehead atoms. The number of para-hydroxylation sites is 1. The average Bonchev–Trinajstić information content (AvgIpc) is 3.09. The van der Waals surface area contributed by atoms with Gasteiger partial charge in [-0.25, -0.2) is 26.2 Å². The molecular weight excluding hydrogens is 374 g/mol. The van der Waals surface area contributed by atoms with Gasteiger partial charge in [-0.05, 0) is 30.3 Å². The van der Waals surface area contributed by atoms with Crippen molar-refractivity contribution in [2.75, 3.05) is 6.26 Å². The smallest absolute Gasteiger partial charge is 0.240 e. The summed E-state index contributed by atoms with van der Waals surface area (Å²) >= 11 is 0. The van der Waals surface area contributed by atoms with E-state index in [1.54, 1.807) is 17.1 Å². The van der Waals surface area contributed by atoms with Gasteiger partial charge in [0.15, 0.2) is 9.84 Å². The largest absolute Gasteiger partial charge is 0.241 e. The quantitative estimate of drug-likeness (QED) is 0.690. The molecule has 0 atom stereocenters. The molecule has 7 nitrogen and oxygen atoms in total. The highest BCUT2D eigenvalue weighted by Crippen LogP contribution is 2.16. The van der Waals surface area contributed by atoms with Gasteiger partial charge in [-0.3, -0.25) is 0 Å². The number of rotatable bonds is 6. The Morgan fingerprint density at radius 1 is 0.962 bits per heavy atom. The Labute approximate surface area is 152 Å². The van der Waals surface area contributed by atoms with Crippen LogP contribution in [0.25, 0.3) is 5.69 Å². The predicted octanol–water partition coefficient (Wildman–Crippen LogP) is 1.75. The minimum atomic E-state index is -3.85. The molecule has 3 rings (SSSR count). The molecule has 1 aromatic heterocycles. The van der Waals surface area contributed by atoms with E-state index >= 15 is 0 Å². The van der Waals surface area contributed by atoms with Gasteiger partial charge in [-0.1, -0.05) is 24.3 Å². The van der Waals surface area contributed by atoms with E-state index < -0.39 is 19.9 Å². The van der Waals surface area contributed by atoms with Crippen LogP contribution in [0.5, 0.6) is 0 Å². The van der Waals surface area contributed by atoms with Crippen molar-refractivity contribution in [3.63, 3.8) is 0 Å². The van der Waals surface area contributed by atoms with Crippen molar-refractivity contribution in [1.29, 1.82) is 0 Å². The van der Waals surface area contributed by atoms with Crippen LogP contribution in [-0.4, -0.2) is 32.9 Å². The molecule has 0 radical (unpaired) electrons. The molecule has 0 unspecified atom stereocenters. The van der Waals surface area contributed by atoms with Crippen molar-refractivity contribution >= 4 is 19.9 Å². The third kappa shape index (κ3) is 4.18. The van der Waals surface area contributed by atoms with Crippen LogP contribution >= 0.6 is 0 Å². The number of sulfonamides is 1. The van der Waals surface area contributed by atoms with Crippen LogP contribution in [0.4, 0.5) is 0 Å². The number of nitrogens with zero attached hydrogens (tertiary/aromatic N) is 2. The van der Waals surface area contributed by atoms with E-state index in [-0.39, 0.29) is 16.3 Å². The lowest BCUT2D eigenvalue weighted by atomic mass is 10.3. The molecule has 1 N–H and O–H groups in total. The second-order valence-corrected chi connectivity index (χ2v) is 9.48. The van der Waals surface area contributed by atoms with E-state index in [1.807, 2.05) is 30.3 Å². The van der Waals surface area contributed by atoms with Crippen LogP contribution in [0, 0.1) is 0 Å². The summed E-state index contributed by atoms with van der Waals surface area (Å²) in [5.74, 6) is 0. The maximum absolute atomic E-state index is 12.4. The first-order valence-corrected chi connectivity index (χ1v) is 11.0. The Morgan fingerprint density at radius 3 is 2.35 bits per heavy atom. The van der Waals surface area contributed by atoms with Gasteiger partial charge in [-0.2, -0.15) is 5.10 Å². The highest BCUT2D eigenvalue weighted by Gasteiger charge is 2.17. The maximum atomic E-state index is 12.4. The van der Waals surface area contributed by atoms with Crippen molar-refractivity contribution < 1.29 is 16.8 Å². The molecule has 0 aliphatic carbocycles. The molecular formula is C17H17N3O4S2. The summed E-state index contributed by atoms with van der Waals surface area (Å²) in [6.45, 7) is 0.0399. The van der Waals surface area contributed by atoms with Gasteiger partial charge in [0.25, 0.3) is 0 Å². The van der Waals surface area contributed by atoms with Crippen LogP contribution in [0.1, 0.15) is 5.56 Å². The first-order chi connectivity index (χ1) is 12.3. The first-order valence-electron chi connectivity index (χ1n) is 7.64. The number of benzene rings is 2. The molecule has 0 saturated carbocycles. The second-order valence-electron chi connectivity index (χ2n) is 5.70. The third-order valence-corrected chi connectivity index (χ3v) is 6.18. The van der Waals surface area contributed by atoms with Gasteiger partial charge in [0.1, 0.15) is 0 Å². The van der Waals surface area contributed by atoms with Crippen LogP contribution in [0.3, 0.4) is 0 Å². The summed E-state index contributed by atoms with van der Waals surface area (Å²) in [7, 11) is -7.33. The Balaban J connectivity index is 1.76. The monoisotopic (exact) mass is 391 g/mol. The molecule has 0 aliphatic heterocycles. The fourth-order valence-corrected chi connectivity index (χ4v) is 4.11. The molecule has 0 saturated heterocycles. The van der Waals surface area contributed by atoms with Crippen molar-refractivity contribution in [2.45, 2.75) is 16.3 Å². The summed E-state index contributed by atoms with van der Waals surface area (Å²) in [4.78, 5) is -0.145. The molecule has 136 valence electrons. The lowest BCUT2D eigenvalue weighted by molar-refractivity contribution is 0.581. The van der Waals surface area contributed by atoms with Crippen molar-refractivity contribution in [1.82, 2.24) is 14.5 Å². The topological polar surface area (TPSA) is 98.1 Å². The molecule has 1 heterocycles.